The highest BCUT2D eigenvalue weighted by Gasteiger charge is 2.18. The minimum Gasteiger partial charge on any atom is -0.491 e. The van der Waals surface area contributed by atoms with Crippen LogP contribution < -0.4 is 9.64 Å². The highest BCUT2D eigenvalue weighted by Crippen LogP contribution is 2.33. The molecule has 6 rings (SSSR count). The number of hydrogen-bond donors (Lipinski definition) is 0. The van der Waals surface area contributed by atoms with Gasteiger partial charge in [0, 0.05) is 41.8 Å². The smallest absolute Gasteiger partial charge is 0.124 e. The number of rotatable bonds is 2. The second kappa shape index (κ2) is 7.13. The Kier molecular flexibility index (Phi) is 4.13. The fourth-order valence-corrected chi connectivity index (χ4v) is 4.48. The van der Waals surface area contributed by atoms with Crippen LogP contribution in [0.3, 0.4) is 0 Å². The normalized spacial score (nSPS) is 13.8. The largest absolute Gasteiger partial charge is 0.491 e. The van der Waals surface area contributed by atoms with E-state index in [1.54, 1.807) is 0 Å². The molecule has 5 aromatic rings. The number of pyridine rings is 1. The van der Waals surface area contributed by atoms with E-state index >= 15 is 0 Å². The lowest BCUT2D eigenvalue weighted by molar-refractivity contribution is 0.332. The molecule has 5 nitrogen and oxygen atoms in total. The van der Waals surface area contributed by atoms with Crippen LogP contribution in [0.2, 0.25) is 0 Å². The minimum absolute atomic E-state index is 0.657. The van der Waals surface area contributed by atoms with Gasteiger partial charge in [-0.3, -0.25) is 9.67 Å². The Labute approximate surface area is 180 Å². The number of benzene rings is 3. The van der Waals surface area contributed by atoms with Crippen LogP contribution in [-0.2, 0) is 13.6 Å². The van der Waals surface area contributed by atoms with Crippen molar-refractivity contribution < 1.29 is 4.74 Å². The van der Waals surface area contributed by atoms with E-state index in [4.69, 9.17) is 4.74 Å². The lowest BCUT2D eigenvalue weighted by atomic mass is 10.0. The molecule has 0 atom stereocenters. The van der Waals surface area contributed by atoms with Gasteiger partial charge in [0.1, 0.15) is 12.4 Å². The Morgan fingerprint density at radius 2 is 1.81 bits per heavy atom. The zero-order chi connectivity index (χ0) is 20.8. The quantitative estimate of drug-likeness (QED) is 0.405. The molecular weight excluding hydrogens is 384 g/mol. The van der Waals surface area contributed by atoms with Gasteiger partial charge in [0.05, 0.1) is 23.8 Å². The van der Waals surface area contributed by atoms with Crippen LogP contribution in [0.15, 0.2) is 79.1 Å². The molecule has 0 bridgehead atoms. The van der Waals surface area contributed by atoms with Gasteiger partial charge >= 0.3 is 0 Å². The number of ether oxygens (including phenoxy) is 1. The lowest BCUT2D eigenvalue weighted by Gasteiger charge is -2.23. The molecule has 31 heavy (non-hydrogen) atoms. The minimum atomic E-state index is 0.657. The molecule has 152 valence electrons. The van der Waals surface area contributed by atoms with Gasteiger partial charge in [-0.15, -0.1) is 0 Å². The average molecular weight is 406 g/mol. The number of nitrogens with zero attached hydrogens (tertiary/aromatic N) is 4. The van der Waals surface area contributed by atoms with Gasteiger partial charge in [-0.2, -0.15) is 5.10 Å². The van der Waals surface area contributed by atoms with Crippen LogP contribution in [0.4, 0.5) is 5.69 Å². The zero-order valence-corrected chi connectivity index (χ0v) is 17.3. The molecule has 0 aliphatic carbocycles. The maximum absolute atomic E-state index is 6.11. The molecule has 0 fully saturated rings. The van der Waals surface area contributed by atoms with Crippen molar-refractivity contribution in [1.29, 1.82) is 0 Å². The highest BCUT2D eigenvalue weighted by atomic mass is 16.5. The Morgan fingerprint density at radius 3 is 2.77 bits per heavy atom. The number of fused-ring (bicyclic) bond motifs is 3. The summed E-state index contributed by atoms with van der Waals surface area (Å²) in [6, 6.07) is 23.4. The second-order valence-electron chi connectivity index (χ2n) is 7.98. The maximum Gasteiger partial charge on any atom is 0.124 e. The Bertz CT molecular complexity index is 1420. The Hall–Kier alpha value is -3.86. The van der Waals surface area contributed by atoms with Gasteiger partial charge in [0.15, 0.2) is 0 Å². The summed E-state index contributed by atoms with van der Waals surface area (Å²) in [4.78, 5) is 6.91. The van der Waals surface area contributed by atoms with Crippen molar-refractivity contribution >= 4 is 27.5 Å². The second-order valence-corrected chi connectivity index (χ2v) is 7.98. The van der Waals surface area contributed by atoms with Crippen LogP contribution in [0.1, 0.15) is 5.56 Å². The monoisotopic (exact) mass is 406 g/mol. The third kappa shape index (κ3) is 3.10. The molecule has 3 heterocycles. The van der Waals surface area contributed by atoms with Crippen molar-refractivity contribution in [3.05, 3.63) is 84.7 Å². The topological polar surface area (TPSA) is 43.2 Å². The standard InChI is InChI=1S/C26H22N4O/c1-29-24-8-6-18(14-20(24)16-28-29)19-7-9-26-21(15-19)17-30(12-13-31-26)25-10-11-27-23-5-3-2-4-22(23)25/h2-11,14-16H,12-13,17H2,1H3. The van der Waals surface area contributed by atoms with Crippen LogP contribution in [0.5, 0.6) is 5.75 Å². The summed E-state index contributed by atoms with van der Waals surface area (Å²) >= 11 is 0. The number of anilines is 1. The summed E-state index contributed by atoms with van der Waals surface area (Å²) in [7, 11) is 1.97. The van der Waals surface area contributed by atoms with E-state index in [0.717, 1.165) is 35.3 Å². The first-order valence-electron chi connectivity index (χ1n) is 10.5. The summed E-state index contributed by atoms with van der Waals surface area (Å²) in [5.41, 5.74) is 6.93. The summed E-state index contributed by atoms with van der Waals surface area (Å²) in [5.74, 6) is 0.965. The van der Waals surface area contributed by atoms with Gasteiger partial charge in [0.2, 0.25) is 0 Å². The van der Waals surface area contributed by atoms with E-state index in [0.29, 0.717) is 6.61 Å². The third-order valence-electron chi connectivity index (χ3n) is 6.09. The van der Waals surface area contributed by atoms with Gasteiger partial charge in [-0.1, -0.05) is 30.3 Å². The van der Waals surface area contributed by atoms with Crippen LogP contribution in [-0.4, -0.2) is 27.9 Å². The number of hydrogen-bond acceptors (Lipinski definition) is 4. The first-order valence-corrected chi connectivity index (χ1v) is 10.5. The average Bonchev–Trinajstić information content (AvgIpc) is 3.05. The predicted molar refractivity (Wildman–Crippen MR) is 124 cm³/mol. The molecule has 3 aromatic carbocycles. The molecule has 1 aliphatic heterocycles. The number of aromatic nitrogens is 3. The Morgan fingerprint density at radius 1 is 0.935 bits per heavy atom. The molecule has 0 saturated carbocycles. The van der Waals surface area contributed by atoms with Crippen molar-refractivity contribution in [1.82, 2.24) is 14.8 Å². The van der Waals surface area contributed by atoms with E-state index in [1.165, 1.54) is 27.8 Å². The van der Waals surface area contributed by atoms with E-state index < -0.39 is 0 Å². The molecule has 0 radical (unpaired) electrons. The van der Waals surface area contributed by atoms with E-state index in [9.17, 15) is 0 Å². The summed E-state index contributed by atoms with van der Waals surface area (Å²) in [6.07, 6.45) is 3.81. The van der Waals surface area contributed by atoms with Crippen LogP contribution in [0, 0.1) is 0 Å². The van der Waals surface area contributed by atoms with Gasteiger partial charge in [-0.25, -0.2) is 0 Å². The number of para-hydroxylation sites is 1. The highest BCUT2D eigenvalue weighted by molar-refractivity contribution is 5.91. The van der Waals surface area contributed by atoms with Crippen molar-refractivity contribution in [2.45, 2.75) is 6.54 Å². The van der Waals surface area contributed by atoms with E-state index in [-0.39, 0.29) is 0 Å². The fraction of sp³-hybridized carbons (Fsp3) is 0.154. The van der Waals surface area contributed by atoms with Crippen molar-refractivity contribution in [3.63, 3.8) is 0 Å². The van der Waals surface area contributed by atoms with E-state index in [1.807, 2.05) is 30.2 Å². The van der Waals surface area contributed by atoms with Gasteiger partial charge in [0.25, 0.3) is 0 Å². The fourth-order valence-electron chi connectivity index (χ4n) is 4.48. The lowest BCUT2D eigenvalue weighted by Crippen LogP contribution is -2.25. The van der Waals surface area contributed by atoms with Crippen molar-refractivity contribution in [3.8, 4) is 16.9 Å². The molecular formula is C26H22N4O. The van der Waals surface area contributed by atoms with E-state index in [2.05, 4.69) is 75.6 Å². The SMILES string of the molecule is Cn1ncc2cc(-c3ccc4c(c3)CN(c3ccnc5ccccc35)CCO4)ccc21. The summed E-state index contributed by atoms with van der Waals surface area (Å²) in [6.45, 7) is 2.29. The molecule has 0 N–H and O–H groups in total. The van der Waals surface area contributed by atoms with Crippen molar-refractivity contribution in [2.24, 2.45) is 7.05 Å². The molecule has 0 saturated heterocycles. The zero-order valence-electron chi connectivity index (χ0n) is 17.3. The molecule has 0 amide bonds. The van der Waals surface area contributed by atoms with Crippen LogP contribution in [0.25, 0.3) is 32.9 Å². The first-order chi connectivity index (χ1) is 15.3. The first kappa shape index (κ1) is 18.0. The van der Waals surface area contributed by atoms with Crippen molar-refractivity contribution in [2.75, 3.05) is 18.1 Å². The molecule has 2 aromatic heterocycles. The summed E-state index contributed by atoms with van der Waals surface area (Å²) < 4.78 is 8.01. The molecule has 5 heteroatoms. The number of aryl methyl sites for hydroxylation is 1. The maximum atomic E-state index is 6.11. The predicted octanol–water partition coefficient (Wildman–Crippen LogP) is 5.19. The van der Waals surface area contributed by atoms with Crippen LogP contribution >= 0.6 is 0 Å². The Balaban J connectivity index is 1.40. The molecule has 1 aliphatic rings. The van der Waals surface area contributed by atoms with Gasteiger partial charge < -0.3 is 9.64 Å². The molecule has 0 unspecified atom stereocenters. The van der Waals surface area contributed by atoms with Gasteiger partial charge in [-0.05, 0) is 47.5 Å². The molecule has 0 spiro atoms. The summed E-state index contributed by atoms with van der Waals surface area (Å²) in [5, 5.41) is 6.69. The third-order valence-corrected chi connectivity index (χ3v) is 6.09.